The van der Waals surface area contributed by atoms with Crippen molar-refractivity contribution < 1.29 is 13.6 Å². The van der Waals surface area contributed by atoms with Crippen LogP contribution in [0.2, 0.25) is 0 Å². The molecule has 0 aromatic rings. The molecular weight excluding hydrogens is 156 g/mol. The summed E-state index contributed by atoms with van der Waals surface area (Å²) < 4.78 is 23.8. The predicted molar refractivity (Wildman–Crippen MR) is 36.2 cm³/mol. The Kier molecular flexibility index (Phi) is 4.44. The number of alkyl halides is 2. The fourth-order valence-corrected chi connectivity index (χ4v) is 0.623. The fraction of sp³-hybridized carbons (Fsp3) is 0.800. The van der Waals surface area contributed by atoms with E-state index in [1.165, 1.54) is 0 Å². The Morgan fingerprint density at radius 2 is 2.09 bits per heavy atom. The Bertz CT molecular complexity index is 131. The second-order valence-corrected chi connectivity index (χ2v) is 2.03. The van der Waals surface area contributed by atoms with E-state index in [1.54, 1.807) is 0 Å². The molecule has 0 saturated carbocycles. The molecule has 66 valence electrons. The summed E-state index contributed by atoms with van der Waals surface area (Å²) in [5.41, 5.74) is 9.65. The normalized spacial score (nSPS) is 13.1. The molecule has 11 heavy (non-hydrogen) atoms. The van der Waals surface area contributed by atoms with Crippen molar-refractivity contribution in [3.8, 4) is 0 Å². The molecule has 2 amide bonds. The minimum atomic E-state index is -2.62. The molecule has 0 aliphatic heterocycles. The number of primary amides is 1. The minimum Gasteiger partial charge on any atom is -0.352 e. The SMILES string of the molecule is NCCC(NC(N)=O)C(F)F. The standard InChI is InChI=1S/C5H11F2N3O/c6-4(7)3(1-2-8)10-5(9)11/h3-4H,1-2,8H2,(H3,9,10,11). The molecule has 0 saturated heterocycles. The number of rotatable bonds is 4. The second kappa shape index (κ2) is 4.84. The van der Waals surface area contributed by atoms with Crippen LogP contribution in [0.15, 0.2) is 0 Å². The van der Waals surface area contributed by atoms with Crippen LogP contribution in [0.3, 0.4) is 0 Å². The van der Waals surface area contributed by atoms with E-state index in [9.17, 15) is 13.6 Å². The lowest BCUT2D eigenvalue weighted by Crippen LogP contribution is -2.43. The Hall–Kier alpha value is -0.910. The van der Waals surface area contributed by atoms with Gasteiger partial charge < -0.3 is 16.8 Å². The first kappa shape index (κ1) is 10.1. The van der Waals surface area contributed by atoms with Crippen molar-refractivity contribution in [2.45, 2.75) is 18.9 Å². The van der Waals surface area contributed by atoms with Gasteiger partial charge in [-0.05, 0) is 13.0 Å². The van der Waals surface area contributed by atoms with Crippen LogP contribution in [0.1, 0.15) is 6.42 Å². The van der Waals surface area contributed by atoms with Crippen molar-refractivity contribution in [1.29, 1.82) is 0 Å². The lowest BCUT2D eigenvalue weighted by atomic mass is 10.2. The minimum absolute atomic E-state index is 0.0284. The molecule has 0 bridgehead atoms. The van der Waals surface area contributed by atoms with Gasteiger partial charge in [-0.15, -0.1) is 0 Å². The van der Waals surface area contributed by atoms with Crippen molar-refractivity contribution in [2.24, 2.45) is 11.5 Å². The highest BCUT2D eigenvalue weighted by Gasteiger charge is 2.19. The number of urea groups is 1. The van der Waals surface area contributed by atoms with Gasteiger partial charge in [-0.2, -0.15) is 0 Å². The molecule has 0 aromatic carbocycles. The number of carbonyl (C=O) groups excluding carboxylic acids is 1. The molecule has 0 rings (SSSR count). The highest BCUT2D eigenvalue weighted by atomic mass is 19.3. The maximum atomic E-state index is 11.9. The van der Waals surface area contributed by atoms with Crippen LogP contribution < -0.4 is 16.8 Å². The summed E-state index contributed by atoms with van der Waals surface area (Å²) in [6, 6.07) is -2.18. The highest BCUT2D eigenvalue weighted by molar-refractivity contribution is 5.71. The van der Waals surface area contributed by atoms with Crippen molar-refractivity contribution in [3.63, 3.8) is 0 Å². The van der Waals surface area contributed by atoms with Crippen LogP contribution in [-0.2, 0) is 0 Å². The van der Waals surface area contributed by atoms with Crippen LogP contribution in [0, 0.1) is 0 Å². The maximum Gasteiger partial charge on any atom is 0.312 e. The average Bonchev–Trinajstić information content (AvgIpc) is 1.86. The molecule has 6 heteroatoms. The second-order valence-electron chi connectivity index (χ2n) is 2.03. The maximum absolute atomic E-state index is 11.9. The van der Waals surface area contributed by atoms with E-state index in [0.717, 1.165) is 0 Å². The van der Waals surface area contributed by atoms with Crippen LogP contribution in [-0.4, -0.2) is 25.0 Å². The quantitative estimate of drug-likeness (QED) is 0.534. The van der Waals surface area contributed by atoms with E-state index < -0.39 is 18.5 Å². The van der Waals surface area contributed by atoms with Crippen LogP contribution in [0.5, 0.6) is 0 Å². The number of nitrogens with two attached hydrogens (primary N) is 2. The lowest BCUT2D eigenvalue weighted by molar-refractivity contribution is 0.0992. The zero-order valence-electron chi connectivity index (χ0n) is 5.89. The zero-order chi connectivity index (χ0) is 8.85. The summed E-state index contributed by atoms with van der Waals surface area (Å²) in [6.07, 6.45) is -2.59. The number of carbonyl (C=O) groups is 1. The van der Waals surface area contributed by atoms with Gasteiger partial charge in [-0.3, -0.25) is 0 Å². The third-order valence-corrected chi connectivity index (χ3v) is 1.11. The molecule has 0 fully saturated rings. The molecule has 5 N–H and O–H groups in total. The van der Waals surface area contributed by atoms with Crippen molar-refractivity contribution >= 4 is 6.03 Å². The monoisotopic (exact) mass is 167 g/mol. The van der Waals surface area contributed by atoms with Gasteiger partial charge in [-0.25, -0.2) is 13.6 Å². The summed E-state index contributed by atoms with van der Waals surface area (Å²) in [6.45, 7) is 0.0925. The molecule has 0 aliphatic rings. The summed E-state index contributed by atoms with van der Waals surface area (Å²) in [4.78, 5) is 10.1. The average molecular weight is 167 g/mol. The Balaban J connectivity index is 3.79. The topological polar surface area (TPSA) is 81.1 Å². The van der Waals surface area contributed by atoms with Gasteiger partial charge in [0, 0.05) is 0 Å². The Labute approximate surface area is 62.9 Å². The first-order valence-electron chi connectivity index (χ1n) is 3.12. The molecule has 1 atom stereocenters. The van der Waals surface area contributed by atoms with Gasteiger partial charge in [0.25, 0.3) is 6.43 Å². The van der Waals surface area contributed by atoms with E-state index in [0.29, 0.717) is 0 Å². The van der Waals surface area contributed by atoms with E-state index >= 15 is 0 Å². The molecule has 0 spiro atoms. The van der Waals surface area contributed by atoms with Gasteiger partial charge >= 0.3 is 6.03 Å². The summed E-state index contributed by atoms with van der Waals surface area (Å²) in [5, 5.41) is 1.89. The first-order valence-corrected chi connectivity index (χ1v) is 3.12. The molecule has 0 heterocycles. The number of nitrogens with one attached hydrogen (secondary N) is 1. The largest absolute Gasteiger partial charge is 0.352 e. The molecule has 0 aliphatic carbocycles. The molecular formula is C5H11F2N3O. The van der Waals surface area contributed by atoms with E-state index in [2.05, 4.69) is 5.73 Å². The van der Waals surface area contributed by atoms with Crippen LogP contribution in [0.4, 0.5) is 13.6 Å². The zero-order valence-corrected chi connectivity index (χ0v) is 5.89. The Morgan fingerprint density at radius 1 is 1.55 bits per heavy atom. The van der Waals surface area contributed by atoms with Gasteiger partial charge in [0.05, 0.1) is 6.04 Å². The van der Waals surface area contributed by atoms with Gasteiger partial charge in [0.2, 0.25) is 0 Å². The van der Waals surface area contributed by atoms with E-state index in [1.807, 2.05) is 5.32 Å². The summed E-state index contributed by atoms with van der Waals surface area (Å²) in [5.74, 6) is 0. The lowest BCUT2D eigenvalue weighted by Gasteiger charge is -2.14. The number of halogens is 2. The number of hydrogen-bond donors (Lipinski definition) is 3. The number of hydrogen-bond acceptors (Lipinski definition) is 2. The molecule has 0 radical (unpaired) electrons. The Morgan fingerprint density at radius 3 is 2.36 bits per heavy atom. The van der Waals surface area contributed by atoms with Gasteiger partial charge in [-0.1, -0.05) is 0 Å². The van der Waals surface area contributed by atoms with Crippen molar-refractivity contribution in [2.75, 3.05) is 6.54 Å². The molecule has 1 unspecified atom stereocenters. The molecule has 0 aromatic heterocycles. The van der Waals surface area contributed by atoms with E-state index in [4.69, 9.17) is 5.73 Å². The third-order valence-electron chi connectivity index (χ3n) is 1.11. The van der Waals surface area contributed by atoms with Gasteiger partial charge in [0.1, 0.15) is 0 Å². The van der Waals surface area contributed by atoms with Gasteiger partial charge in [0.15, 0.2) is 0 Å². The van der Waals surface area contributed by atoms with E-state index in [-0.39, 0.29) is 13.0 Å². The van der Waals surface area contributed by atoms with Crippen LogP contribution >= 0.6 is 0 Å². The third kappa shape index (κ3) is 4.49. The molecule has 4 nitrogen and oxygen atoms in total. The predicted octanol–water partition coefficient (Wildman–Crippen LogP) is -0.363. The number of amides is 2. The summed E-state index contributed by atoms with van der Waals surface area (Å²) >= 11 is 0. The highest BCUT2D eigenvalue weighted by Crippen LogP contribution is 2.03. The smallest absolute Gasteiger partial charge is 0.312 e. The van der Waals surface area contributed by atoms with Crippen molar-refractivity contribution in [3.05, 3.63) is 0 Å². The van der Waals surface area contributed by atoms with Crippen LogP contribution in [0.25, 0.3) is 0 Å². The fourth-order valence-electron chi connectivity index (χ4n) is 0.623. The van der Waals surface area contributed by atoms with Crippen molar-refractivity contribution in [1.82, 2.24) is 5.32 Å². The first-order chi connectivity index (χ1) is 5.07. The summed E-state index contributed by atoms with van der Waals surface area (Å²) in [7, 11) is 0.